The van der Waals surface area contributed by atoms with Gasteiger partial charge < -0.3 is 19.5 Å². The van der Waals surface area contributed by atoms with Crippen molar-refractivity contribution >= 4 is 0 Å². The van der Waals surface area contributed by atoms with Gasteiger partial charge in [0.2, 0.25) is 5.88 Å². The van der Waals surface area contributed by atoms with Crippen molar-refractivity contribution in [1.82, 2.24) is 10.3 Å². The van der Waals surface area contributed by atoms with Crippen molar-refractivity contribution in [3.63, 3.8) is 0 Å². The summed E-state index contributed by atoms with van der Waals surface area (Å²) in [5.74, 6) is 2.75. The number of benzene rings is 1. The summed E-state index contributed by atoms with van der Waals surface area (Å²) in [6, 6.07) is 11.9. The Labute approximate surface area is 149 Å². The lowest BCUT2D eigenvalue weighted by Crippen LogP contribution is -2.36. The molecular formula is C20H26N2O3. The highest BCUT2D eigenvalue weighted by Gasteiger charge is 2.19. The third kappa shape index (κ3) is 5.18. The minimum atomic E-state index is 0.483. The first kappa shape index (κ1) is 17.7. The molecule has 1 fully saturated rings. The lowest BCUT2D eigenvalue weighted by molar-refractivity contribution is 0.0558. The van der Waals surface area contributed by atoms with Crippen molar-refractivity contribution in [2.45, 2.75) is 32.4 Å². The normalized spacial score (nSPS) is 16.4. The lowest BCUT2D eigenvalue weighted by Gasteiger charge is -2.28. The van der Waals surface area contributed by atoms with Crippen LogP contribution in [0.1, 0.15) is 25.3 Å². The molecule has 2 aromatic rings. The van der Waals surface area contributed by atoms with Crippen LogP contribution in [-0.4, -0.2) is 31.3 Å². The van der Waals surface area contributed by atoms with Gasteiger partial charge in [-0.3, -0.25) is 0 Å². The molecule has 1 atom stereocenters. The van der Waals surface area contributed by atoms with E-state index in [0.717, 1.165) is 43.9 Å². The zero-order chi connectivity index (χ0) is 17.5. The molecule has 1 aliphatic rings. The number of nitrogens with zero attached hydrogens (tertiary/aromatic N) is 1. The van der Waals surface area contributed by atoms with Crippen LogP contribution in [0.2, 0.25) is 0 Å². The molecular weight excluding hydrogens is 316 g/mol. The van der Waals surface area contributed by atoms with Gasteiger partial charge in [0.25, 0.3) is 0 Å². The number of methoxy groups -OCH3 is 1. The second-order valence-electron chi connectivity index (χ2n) is 6.41. The maximum absolute atomic E-state index is 5.77. The van der Waals surface area contributed by atoms with Crippen molar-refractivity contribution in [3.05, 3.63) is 48.2 Å². The Morgan fingerprint density at radius 2 is 2.00 bits per heavy atom. The molecule has 3 rings (SSSR count). The molecule has 0 aliphatic carbocycles. The number of hydrogen-bond donors (Lipinski definition) is 1. The van der Waals surface area contributed by atoms with Gasteiger partial charge in [-0.05, 0) is 43.4 Å². The molecule has 2 heterocycles. The van der Waals surface area contributed by atoms with Crippen LogP contribution < -0.4 is 14.8 Å². The van der Waals surface area contributed by atoms with Gasteiger partial charge in [0.05, 0.1) is 7.11 Å². The van der Waals surface area contributed by atoms with Crippen molar-refractivity contribution in [3.8, 4) is 17.4 Å². The Kier molecular flexibility index (Phi) is 6.25. The molecule has 134 valence electrons. The maximum atomic E-state index is 5.77. The molecule has 0 bridgehead atoms. The van der Waals surface area contributed by atoms with Crippen molar-refractivity contribution in [2.24, 2.45) is 5.92 Å². The summed E-state index contributed by atoms with van der Waals surface area (Å²) in [6.07, 6.45) is 4.14. The van der Waals surface area contributed by atoms with E-state index in [9.17, 15) is 0 Å². The number of aromatic nitrogens is 1. The van der Waals surface area contributed by atoms with Gasteiger partial charge >= 0.3 is 0 Å². The SMILES string of the molecule is COc1cccc(Oc2ccc(CN[C@H](C)C3CCOCC3)cn2)c1. The van der Waals surface area contributed by atoms with Gasteiger partial charge in [-0.25, -0.2) is 4.98 Å². The largest absolute Gasteiger partial charge is 0.497 e. The molecule has 0 spiro atoms. The standard InChI is InChI=1S/C20H26N2O3/c1-15(17-8-10-24-11-9-17)21-13-16-6-7-20(22-14-16)25-19-5-3-4-18(12-19)23-2/h3-7,12,14-15,17,21H,8-11,13H2,1-2H3/t15-/m1/s1. The molecule has 1 N–H and O–H groups in total. The quantitative estimate of drug-likeness (QED) is 0.830. The number of ether oxygens (including phenoxy) is 3. The maximum Gasteiger partial charge on any atom is 0.219 e. The van der Waals surface area contributed by atoms with Crippen LogP contribution in [0.5, 0.6) is 17.4 Å². The Bertz CT molecular complexity index is 654. The van der Waals surface area contributed by atoms with Crippen molar-refractivity contribution < 1.29 is 14.2 Å². The third-order valence-electron chi connectivity index (χ3n) is 4.66. The molecule has 0 saturated carbocycles. The molecule has 1 saturated heterocycles. The van der Waals surface area contributed by atoms with Crippen LogP contribution in [0.15, 0.2) is 42.6 Å². The Morgan fingerprint density at radius 3 is 2.72 bits per heavy atom. The van der Waals surface area contributed by atoms with Gasteiger partial charge in [-0.1, -0.05) is 12.1 Å². The minimum absolute atomic E-state index is 0.483. The molecule has 5 nitrogen and oxygen atoms in total. The van der Waals surface area contributed by atoms with E-state index < -0.39 is 0 Å². The van der Waals surface area contributed by atoms with Crippen LogP contribution in [0.4, 0.5) is 0 Å². The van der Waals surface area contributed by atoms with E-state index in [1.807, 2.05) is 42.6 Å². The summed E-state index contributed by atoms with van der Waals surface area (Å²) in [5, 5.41) is 3.60. The monoisotopic (exact) mass is 342 g/mol. The zero-order valence-corrected chi connectivity index (χ0v) is 14.9. The van der Waals surface area contributed by atoms with Crippen molar-refractivity contribution in [2.75, 3.05) is 20.3 Å². The average molecular weight is 342 g/mol. The predicted octanol–water partition coefficient (Wildman–Crippen LogP) is 3.79. The summed E-state index contributed by atoms with van der Waals surface area (Å²) < 4.78 is 16.4. The highest BCUT2D eigenvalue weighted by molar-refractivity contribution is 5.35. The molecule has 1 aromatic carbocycles. The molecule has 0 radical (unpaired) electrons. The van der Waals surface area contributed by atoms with E-state index in [-0.39, 0.29) is 0 Å². The predicted molar refractivity (Wildman–Crippen MR) is 97.1 cm³/mol. The number of hydrogen-bond acceptors (Lipinski definition) is 5. The van der Waals surface area contributed by atoms with E-state index >= 15 is 0 Å². The Morgan fingerprint density at radius 1 is 1.20 bits per heavy atom. The van der Waals surface area contributed by atoms with Gasteiger partial charge in [0.15, 0.2) is 0 Å². The number of pyridine rings is 1. The number of nitrogens with one attached hydrogen (secondary N) is 1. The summed E-state index contributed by atoms with van der Waals surface area (Å²) in [4.78, 5) is 4.40. The second-order valence-corrected chi connectivity index (χ2v) is 6.41. The molecule has 1 aromatic heterocycles. The summed E-state index contributed by atoms with van der Waals surface area (Å²) in [5.41, 5.74) is 1.15. The first-order chi connectivity index (χ1) is 12.2. The summed E-state index contributed by atoms with van der Waals surface area (Å²) in [7, 11) is 1.64. The van der Waals surface area contributed by atoms with E-state index in [0.29, 0.717) is 23.6 Å². The van der Waals surface area contributed by atoms with Gasteiger partial charge in [0.1, 0.15) is 11.5 Å². The molecule has 25 heavy (non-hydrogen) atoms. The van der Waals surface area contributed by atoms with Crippen LogP contribution >= 0.6 is 0 Å². The first-order valence-corrected chi connectivity index (χ1v) is 8.82. The average Bonchev–Trinajstić information content (AvgIpc) is 2.68. The molecule has 0 amide bonds. The van der Waals surface area contributed by atoms with Crippen LogP contribution in [-0.2, 0) is 11.3 Å². The highest BCUT2D eigenvalue weighted by atomic mass is 16.5. The van der Waals surface area contributed by atoms with E-state index in [1.165, 1.54) is 0 Å². The smallest absolute Gasteiger partial charge is 0.219 e. The fourth-order valence-electron chi connectivity index (χ4n) is 3.02. The van der Waals surface area contributed by atoms with Crippen LogP contribution in [0.25, 0.3) is 0 Å². The number of rotatable bonds is 7. The Hall–Kier alpha value is -2.11. The van der Waals surface area contributed by atoms with Gasteiger partial charge in [0, 0.05) is 44.1 Å². The van der Waals surface area contributed by atoms with E-state index in [1.54, 1.807) is 7.11 Å². The van der Waals surface area contributed by atoms with E-state index in [2.05, 4.69) is 17.2 Å². The summed E-state index contributed by atoms with van der Waals surface area (Å²) in [6.45, 7) is 4.83. The second kappa shape index (κ2) is 8.83. The lowest BCUT2D eigenvalue weighted by atomic mass is 9.93. The highest BCUT2D eigenvalue weighted by Crippen LogP contribution is 2.24. The first-order valence-electron chi connectivity index (χ1n) is 8.82. The Balaban J connectivity index is 1.51. The van der Waals surface area contributed by atoms with Gasteiger partial charge in [-0.2, -0.15) is 0 Å². The molecule has 5 heteroatoms. The van der Waals surface area contributed by atoms with Crippen molar-refractivity contribution in [1.29, 1.82) is 0 Å². The van der Waals surface area contributed by atoms with E-state index in [4.69, 9.17) is 14.2 Å². The van der Waals surface area contributed by atoms with Crippen LogP contribution in [0, 0.1) is 5.92 Å². The fraction of sp³-hybridized carbons (Fsp3) is 0.450. The zero-order valence-electron chi connectivity index (χ0n) is 14.9. The molecule has 1 aliphatic heterocycles. The topological polar surface area (TPSA) is 52.6 Å². The fourth-order valence-corrected chi connectivity index (χ4v) is 3.02. The van der Waals surface area contributed by atoms with Gasteiger partial charge in [-0.15, -0.1) is 0 Å². The summed E-state index contributed by atoms with van der Waals surface area (Å²) >= 11 is 0. The minimum Gasteiger partial charge on any atom is -0.497 e. The third-order valence-corrected chi connectivity index (χ3v) is 4.66. The van der Waals surface area contributed by atoms with Crippen LogP contribution in [0.3, 0.4) is 0 Å². The molecule has 0 unspecified atom stereocenters.